The molecule has 0 spiro atoms. The topological polar surface area (TPSA) is 46.6 Å². The third-order valence-electron chi connectivity index (χ3n) is 3.64. The zero-order valence-corrected chi connectivity index (χ0v) is 11.9. The second-order valence-corrected chi connectivity index (χ2v) is 6.79. The maximum absolute atomic E-state index is 12.2. The van der Waals surface area contributed by atoms with E-state index in [1.807, 2.05) is 34.6 Å². The number of likely N-dealkylation sites (tertiary alicyclic amines) is 1. The largest absolute Gasteiger partial charge is 0.444 e. The average molecular weight is 253 g/mol. The monoisotopic (exact) mass is 253 g/mol. The Morgan fingerprint density at radius 3 is 2.39 bits per heavy atom. The summed E-state index contributed by atoms with van der Waals surface area (Å²) in [5, 5.41) is 0. The molecule has 0 N–H and O–H groups in total. The summed E-state index contributed by atoms with van der Waals surface area (Å²) < 4.78 is 5.39. The SMILES string of the molecule is CC(C)C(=O)C1[C@@H]2CC2CN1C(=O)OC(C)(C)C. The van der Waals surface area contributed by atoms with Gasteiger partial charge in [0.25, 0.3) is 0 Å². The molecule has 2 fully saturated rings. The summed E-state index contributed by atoms with van der Waals surface area (Å²) in [4.78, 5) is 26.0. The fourth-order valence-corrected chi connectivity index (χ4v) is 2.68. The van der Waals surface area contributed by atoms with Crippen molar-refractivity contribution in [3.05, 3.63) is 0 Å². The van der Waals surface area contributed by atoms with E-state index in [-0.39, 0.29) is 23.8 Å². The molecule has 1 saturated heterocycles. The summed E-state index contributed by atoms with van der Waals surface area (Å²) in [6.07, 6.45) is 0.747. The number of carbonyl (C=O) groups excluding carboxylic acids is 2. The average Bonchev–Trinajstić information content (AvgIpc) is 2.86. The van der Waals surface area contributed by atoms with Crippen LogP contribution >= 0.6 is 0 Å². The number of rotatable bonds is 2. The maximum atomic E-state index is 12.2. The minimum absolute atomic E-state index is 0.0284. The maximum Gasteiger partial charge on any atom is 0.410 e. The van der Waals surface area contributed by atoms with Crippen LogP contribution in [-0.4, -0.2) is 35.0 Å². The molecule has 2 rings (SSSR count). The second-order valence-electron chi connectivity index (χ2n) is 6.79. The lowest BCUT2D eigenvalue weighted by atomic mass is 9.98. The van der Waals surface area contributed by atoms with Gasteiger partial charge in [0.05, 0.1) is 6.04 Å². The normalized spacial score (nSPS) is 30.3. The van der Waals surface area contributed by atoms with E-state index in [0.29, 0.717) is 18.4 Å². The first-order valence-electron chi connectivity index (χ1n) is 6.74. The van der Waals surface area contributed by atoms with Gasteiger partial charge in [-0.3, -0.25) is 9.69 Å². The van der Waals surface area contributed by atoms with Crippen molar-refractivity contribution in [1.29, 1.82) is 0 Å². The van der Waals surface area contributed by atoms with Crippen LogP contribution in [0.1, 0.15) is 41.0 Å². The van der Waals surface area contributed by atoms with Gasteiger partial charge < -0.3 is 4.74 Å². The Morgan fingerprint density at radius 1 is 1.28 bits per heavy atom. The molecule has 4 heteroatoms. The van der Waals surface area contributed by atoms with Crippen LogP contribution in [0.2, 0.25) is 0 Å². The van der Waals surface area contributed by atoms with Crippen molar-refractivity contribution < 1.29 is 14.3 Å². The predicted octanol–water partition coefficient (Wildman–Crippen LogP) is 2.47. The van der Waals surface area contributed by atoms with Gasteiger partial charge in [-0.2, -0.15) is 0 Å². The number of nitrogens with zero attached hydrogens (tertiary/aromatic N) is 1. The van der Waals surface area contributed by atoms with Gasteiger partial charge in [0.15, 0.2) is 5.78 Å². The molecule has 0 aromatic carbocycles. The molecule has 18 heavy (non-hydrogen) atoms. The lowest BCUT2D eigenvalue weighted by Gasteiger charge is -2.30. The van der Waals surface area contributed by atoms with Gasteiger partial charge in [0, 0.05) is 12.5 Å². The van der Waals surface area contributed by atoms with Gasteiger partial charge >= 0.3 is 6.09 Å². The molecule has 2 unspecified atom stereocenters. The van der Waals surface area contributed by atoms with Crippen LogP contribution in [0, 0.1) is 17.8 Å². The van der Waals surface area contributed by atoms with Crippen LogP contribution in [0.15, 0.2) is 0 Å². The number of amides is 1. The van der Waals surface area contributed by atoms with Crippen LogP contribution in [0.4, 0.5) is 4.79 Å². The number of Topliss-reactive ketones (excluding diaryl/α,β-unsaturated/α-hetero) is 1. The van der Waals surface area contributed by atoms with Gasteiger partial charge in [0.2, 0.25) is 0 Å². The highest BCUT2D eigenvalue weighted by atomic mass is 16.6. The van der Waals surface area contributed by atoms with Crippen molar-refractivity contribution in [3.8, 4) is 0 Å². The molecule has 1 heterocycles. The molecule has 1 aliphatic carbocycles. The molecule has 0 radical (unpaired) electrons. The van der Waals surface area contributed by atoms with E-state index < -0.39 is 5.60 Å². The highest BCUT2D eigenvalue weighted by Gasteiger charge is 2.57. The molecule has 1 saturated carbocycles. The Hall–Kier alpha value is -1.06. The predicted molar refractivity (Wildman–Crippen MR) is 68.2 cm³/mol. The number of fused-ring (bicyclic) bond motifs is 1. The third kappa shape index (κ3) is 2.52. The van der Waals surface area contributed by atoms with Crippen molar-refractivity contribution in [1.82, 2.24) is 4.90 Å². The Kier molecular flexibility index (Phi) is 3.16. The van der Waals surface area contributed by atoms with Crippen LogP contribution in [0.25, 0.3) is 0 Å². The fourth-order valence-electron chi connectivity index (χ4n) is 2.68. The quantitative estimate of drug-likeness (QED) is 0.759. The van der Waals surface area contributed by atoms with Crippen molar-refractivity contribution in [2.45, 2.75) is 52.7 Å². The Bertz CT molecular complexity index is 370. The molecule has 0 aromatic rings. The van der Waals surface area contributed by atoms with E-state index in [1.54, 1.807) is 4.90 Å². The lowest BCUT2D eigenvalue weighted by Crippen LogP contribution is -2.46. The van der Waals surface area contributed by atoms with E-state index in [4.69, 9.17) is 4.74 Å². The summed E-state index contributed by atoms with van der Waals surface area (Å²) in [5.41, 5.74) is -0.505. The fraction of sp³-hybridized carbons (Fsp3) is 0.857. The third-order valence-corrected chi connectivity index (χ3v) is 3.64. The zero-order valence-electron chi connectivity index (χ0n) is 11.9. The van der Waals surface area contributed by atoms with Crippen LogP contribution < -0.4 is 0 Å². The minimum atomic E-state index is -0.505. The molecule has 0 bridgehead atoms. The molecule has 1 amide bonds. The molecule has 3 atom stereocenters. The summed E-state index contributed by atoms with van der Waals surface area (Å²) in [7, 11) is 0. The highest BCUT2D eigenvalue weighted by molar-refractivity contribution is 5.90. The number of hydrogen-bond donors (Lipinski definition) is 0. The van der Waals surface area contributed by atoms with Gasteiger partial charge in [-0.1, -0.05) is 13.8 Å². The molecule has 1 aliphatic heterocycles. The Balaban J connectivity index is 2.08. The van der Waals surface area contributed by atoms with E-state index in [0.717, 1.165) is 6.42 Å². The molecule has 4 nitrogen and oxygen atoms in total. The molecular formula is C14H23NO3. The zero-order chi connectivity index (χ0) is 13.7. The van der Waals surface area contributed by atoms with Gasteiger partial charge in [-0.25, -0.2) is 4.79 Å². The standard InChI is InChI=1S/C14H23NO3/c1-8(2)12(16)11-10-6-9(10)7-15(11)13(17)18-14(3,4)5/h8-11H,6-7H2,1-5H3/t9?,10-,11?/m1/s1. The van der Waals surface area contributed by atoms with Gasteiger partial charge in [-0.15, -0.1) is 0 Å². The number of carbonyl (C=O) groups is 2. The number of ether oxygens (including phenoxy) is 1. The number of ketones is 1. The van der Waals surface area contributed by atoms with E-state index in [9.17, 15) is 9.59 Å². The van der Waals surface area contributed by atoms with E-state index >= 15 is 0 Å². The summed E-state index contributed by atoms with van der Waals surface area (Å²) in [6.45, 7) is 10.0. The summed E-state index contributed by atoms with van der Waals surface area (Å²) in [6, 6.07) is -0.246. The smallest absolute Gasteiger partial charge is 0.410 e. The second kappa shape index (κ2) is 4.25. The summed E-state index contributed by atoms with van der Waals surface area (Å²) >= 11 is 0. The van der Waals surface area contributed by atoms with Crippen molar-refractivity contribution in [3.63, 3.8) is 0 Å². The van der Waals surface area contributed by atoms with Crippen LogP contribution in [-0.2, 0) is 9.53 Å². The molecular weight excluding hydrogens is 230 g/mol. The van der Waals surface area contributed by atoms with E-state index in [1.165, 1.54) is 0 Å². The molecule has 102 valence electrons. The number of piperidine rings is 1. The Labute approximate surface area is 109 Å². The number of hydrogen-bond acceptors (Lipinski definition) is 3. The van der Waals surface area contributed by atoms with E-state index in [2.05, 4.69) is 0 Å². The van der Waals surface area contributed by atoms with Crippen molar-refractivity contribution in [2.24, 2.45) is 17.8 Å². The minimum Gasteiger partial charge on any atom is -0.444 e. The molecule has 2 aliphatic rings. The van der Waals surface area contributed by atoms with Crippen LogP contribution in [0.3, 0.4) is 0 Å². The molecule has 0 aromatic heterocycles. The first-order chi connectivity index (χ1) is 8.20. The van der Waals surface area contributed by atoms with Gasteiger partial charge in [-0.05, 0) is 39.0 Å². The van der Waals surface area contributed by atoms with Crippen LogP contribution in [0.5, 0.6) is 0 Å². The van der Waals surface area contributed by atoms with Crippen molar-refractivity contribution >= 4 is 11.9 Å². The first-order valence-corrected chi connectivity index (χ1v) is 6.74. The lowest BCUT2D eigenvalue weighted by molar-refractivity contribution is -0.127. The summed E-state index contributed by atoms with van der Waals surface area (Å²) in [5.74, 6) is 1.04. The highest BCUT2D eigenvalue weighted by Crippen LogP contribution is 2.50. The first kappa shape index (κ1) is 13.4. The van der Waals surface area contributed by atoms with Gasteiger partial charge in [0.1, 0.15) is 5.60 Å². The van der Waals surface area contributed by atoms with Crippen molar-refractivity contribution in [2.75, 3.05) is 6.54 Å². The Morgan fingerprint density at radius 2 is 1.89 bits per heavy atom.